The van der Waals surface area contributed by atoms with Crippen molar-refractivity contribution in [2.45, 2.75) is 58.0 Å². The second kappa shape index (κ2) is 9.04. The van der Waals surface area contributed by atoms with Crippen molar-refractivity contribution in [3.8, 4) is 5.75 Å². The Morgan fingerprint density at radius 2 is 2.15 bits per heavy atom. The van der Waals surface area contributed by atoms with Gasteiger partial charge in [0, 0.05) is 30.8 Å². The summed E-state index contributed by atoms with van der Waals surface area (Å²) in [6.45, 7) is 5.31. The highest BCUT2D eigenvalue weighted by Gasteiger charge is 2.41. The number of carbonyl (C=O) groups excluding carboxylic acids is 1. The first-order valence-electron chi connectivity index (χ1n) is 11.9. The van der Waals surface area contributed by atoms with Gasteiger partial charge >= 0.3 is 0 Å². The van der Waals surface area contributed by atoms with Crippen LogP contribution < -0.4 is 10.1 Å². The summed E-state index contributed by atoms with van der Waals surface area (Å²) < 4.78 is 22.8. The Balaban J connectivity index is 1.50. The van der Waals surface area contributed by atoms with E-state index in [1.165, 1.54) is 25.2 Å². The van der Waals surface area contributed by atoms with Gasteiger partial charge in [-0.3, -0.25) is 9.48 Å². The smallest absolute Gasteiger partial charge is 0.256 e. The van der Waals surface area contributed by atoms with Crippen molar-refractivity contribution >= 4 is 17.1 Å². The third-order valence-corrected chi connectivity index (χ3v) is 6.50. The first-order valence-corrected chi connectivity index (χ1v) is 11.9. The Kier molecular flexibility index (Phi) is 5.93. The van der Waals surface area contributed by atoms with Crippen LogP contribution in [0.3, 0.4) is 0 Å². The molecule has 0 radical (unpaired) electrons. The number of nitrogens with one attached hydrogen (secondary N) is 2. The quantitative estimate of drug-likeness (QED) is 0.465. The zero-order chi connectivity index (χ0) is 23.7. The fourth-order valence-corrected chi connectivity index (χ4v) is 4.45. The number of aromatic nitrogens is 5. The SMILES string of the molecule is CCCCOc1ccc([C@]2(C)CC(c3ccn(CC4CC4)n3)=C(c3nnc[nH]3)C(=O)N2)c(F)c1. The van der Waals surface area contributed by atoms with Gasteiger partial charge in [0.15, 0.2) is 5.82 Å². The molecular formula is C25H29FN6O2. The highest BCUT2D eigenvalue weighted by molar-refractivity contribution is 6.27. The highest BCUT2D eigenvalue weighted by Crippen LogP contribution is 2.41. The van der Waals surface area contributed by atoms with Crippen molar-refractivity contribution in [1.29, 1.82) is 0 Å². The molecule has 2 N–H and O–H groups in total. The number of hydrogen-bond donors (Lipinski definition) is 2. The second-order valence-electron chi connectivity index (χ2n) is 9.36. The molecule has 1 aromatic carbocycles. The maximum absolute atomic E-state index is 15.3. The Labute approximate surface area is 197 Å². The third kappa shape index (κ3) is 4.47. The number of hydrogen-bond acceptors (Lipinski definition) is 5. The molecule has 3 heterocycles. The summed E-state index contributed by atoms with van der Waals surface area (Å²) in [5.74, 6) is 0.754. The predicted octanol–water partition coefficient (Wildman–Crippen LogP) is 4.08. The number of rotatable bonds is 9. The summed E-state index contributed by atoms with van der Waals surface area (Å²) in [6.07, 6.45) is 8.07. The number of carbonyl (C=O) groups is 1. The van der Waals surface area contributed by atoms with Crippen LogP contribution in [0.15, 0.2) is 36.8 Å². The van der Waals surface area contributed by atoms with E-state index in [1.807, 2.05) is 23.9 Å². The number of unbranched alkanes of at least 4 members (excludes halogenated alkanes) is 1. The molecule has 0 unspecified atom stereocenters. The lowest BCUT2D eigenvalue weighted by atomic mass is 9.79. The molecule has 8 nitrogen and oxygen atoms in total. The molecule has 1 atom stereocenters. The summed E-state index contributed by atoms with van der Waals surface area (Å²) in [5, 5.41) is 15.7. The molecular weight excluding hydrogens is 435 g/mol. The van der Waals surface area contributed by atoms with E-state index >= 15 is 4.39 Å². The Bertz CT molecular complexity index is 1210. The van der Waals surface area contributed by atoms with Crippen molar-refractivity contribution in [2.75, 3.05) is 6.61 Å². The van der Waals surface area contributed by atoms with E-state index in [9.17, 15) is 4.79 Å². The number of benzene rings is 1. The summed E-state index contributed by atoms with van der Waals surface area (Å²) in [4.78, 5) is 16.3. The lowest BCUT2D eigenvalue weighted by Crippen LogP contribution is -2.48. The highest BCUT2D eigenvalue weighted by atomic mass is 19.1. The van der Waals surface area contributed by atoms with Crippen LogP contribution in [0.25, 0.3) is 11.1 Å². The van der Waals surface area contributed by atoms with Gasteiger partial charge < -0.3 is 15.0 Å². The third-order valence-electron chi connectivity index (χ3n) is 6.50. The summed E-state index contributed by atoms with van der Waals surface area (Å²) in [5.41, 5.74) is 1.21. The Morgan fingerprint density at radius 1 is 1.29 bits per heavy atom. The van der Waals surface area contributed by atoms with Crippen LogP contribution in [0, 0.1) is 11.7 Å². The lowest BCUT2D eigenvalue weighted by molar-refractivity contribution is -0.117. The van der Waals surface area contributed by atoms with Gasteiger partial charge in [-0.05, 0) is 49.8 Å². The van der Waals surface area contributed by atoms with Gasteiger partial charge in [-0.25, -0.2) is 4.39 Å². The van der Waals surface area contributed by atoms with Crippen LogP contribution >= 0.6 is 0 Å². The van der Waals surface area contributed by atoms with Crippen LogP contribution in [0.1, 0.15) is 63.0 Å². The monoisotopic (exact) mass is 464 g/mol. The molecule has 5 rings (SSSR count). The maximum Gasteiger partial charge on any atom is 0.256 e. The standard InChI is InChI=1S/C25H29FN6O2/c1-3-4-11-34-17-7-8-19(20(26)12-17)25(2)13-18(21-9-10-32(31-21)14-16-5-6-16)22(24(33)29-25)23-27-15-28-30-23/h7-10,12,15-16H,3-6,11,13-14H2,1-2H3,(H,29,33)(H,27,28,30)/t25-/m0/s1. The minimum Gasteiger partial charge on any atom is -0.493 e. The minimum atomic E-state index is -0.970. The zero-order valence-electron chi connectivity index (χ0n) is 19.5. The summed E-state index contributed by atoms with van der Waals surface area (Å²) in [6, 6.07) is 6.75. The fraction of sp³-hybridized carbons (Fsp3) is 0.440. The predicted molar refractivity (Wildman–Crippen MR) is 125 cm³/mol. The van der Waals surface area contributed by atoms with E-state index in [1.54, 1.807) is 12.1 Å². The van der Waals surface area contributed by atoms with Crippen LogP contribution in [0.2, 0.25) is 0 Å². The van der Waals surface area contributed by atoms with Crippen molar-refractivity contribution in [1.82, 2.24) is 30.3 Å². The van der Waals surface area contributed by atoms with Gasteiger partial charge in [-0.2, -0.15) is 5.10 Å². The van der Waals surface area contributed by atoms with Gasteiger partial charge in [0.25, 0.3) is 5.91 Å². The topological polar surface area (TPSA) is 97.7 Å². The van der Waals surface area contributed by atoms with E-state index in [4.69, 9.17) is 9.84 Å². The zero-order valence-corrected chi connectivity index (χ0v) is 19.5. The van der Waals surface area contributed by atoms with E-state index in [0.29, 0.717) is 52.9 Å². The Morgan fingerprint density at radius 3 is 2.85 bits per heavy atom. The van der Waals surface area contributed by atoms with Crippen LogP contribution in [-0.4, -0.2) is 37.5 Å². The Hall–Kier alpha value is -3.49. The normalized spacial score (nSPS) is 20.5. The average molecular weight is 465 g/mol. The molecule has 0 spiro atoms. The molecule has 3 aromatic rings. The van der Waals surface area contributed by atoms with Gasteiger partial charge in [0.1, 0.15) is 17.9 Å². The minimum absolute atomic E-state index is 0.347. The number of amides is 1. The van der Waals surface area contributed by atoms with Crippen LogP contribution in [-0.2, 0) is 16.9 Å². The van der Waals surface area contributed by atoms with E-state index < -0.39 is 11.4 Å². The molecule has 2 aliphatic rings. The maximum atomic E-state index is 15.3. The molecule has 1 aliphatic carbocycles. The van der Waals surface area contributed by atoms with Gasteiger partial charge in [-0.1, -0.05) is 19.4 Å². The van der Waals surface area contributed by atoms with Crippen LogP contribution in [0.4, 0.5) is 4.39 Å². The molecule has 0 bridgehead atoms. The summed E-state index contributed by atoms with van der Waals surface area (Å²) in [7, 11) is 0. The number of H-pyrrole nitrogens is 1. The molecule has 1 aliphatic heterocycles. The number of nitrogens with zero attached hydrogens (tertiary/aromatic N) is 4. The molecule has 0 saturated heterocycles. The largest absolute Gasteiger partial charge is 0.493 e. The van der Waals surface area contributed by atoms with E-state index in [-0.39, 0.29) is 5.91 Å². The van der Waals surface area contributed by atoms with Gasteiger partial charge in [0.05, 0.1) is 23.4 Å². The van der Waals surface area contributed by atoms with Gasteiger partial charge in [-0.15, -0.1) is 10.2 Å². The number of halogens is 1. The number of ether oxygens (including phenoxy) is 1. The van der Waals surface area contributed by atoms with Crippen molar-refractivity contribution < 1.29 is 13.9 Å². The van der Waals surface area contributed by atoms with E-state index in [2.05, 4.69) is 27.4 Å². The molecule has 2 aromatic heterocycles. The van der Waals surface area contributed by atoms with Gasteiger partial charge in [0.2, 0.25) is 0 Å². The van der Waals surface area contributed by atoms with Crippen molar-refractivity contribution in [3.05, 3.63) is 59.7 Å². The first kappa shape index (κ1) is 22.3. The first-order chi connectivity index (χ1) is 16.5. The summed E-state index contributed by atoms with van der Waals surface area (Å²) >= 11 is 0. The lowest BCUT2D eigenvalue weighted by Gasteiger charge is -2.37. The fourth-order valence-electron chi connectivity index (χ4n) is 4.45. The molecule has 1 saturated carbocycles. The molecule has 34 heavy (non-hydrogen) atoms. The molecule has 9 heteroatoms. The molecule has 1 amide bonds. The van der Waals surface area contributed by atoms with Crippen LogP contribution in [0.5, 0.6) is 5.75 Å². The second-order valence-corrected chi connectivity index (χ2v) is 9.36. The van der Waals surface area contributed by atoms with Crippen molar-refractivity contribution in [2.24, 2.45) is 5.92 Å². The molecule has 178 valence electrons. The average Bonchev–Trinajstić information content (AvgIpc) is 3.24. The number of aromatic amines is 1. The van der Waals surface area contributed by atoms with E-state index in [0.717, 1.165) is 19.4 Å². The van der Waals surface area contributed by atoms with Crippen molar-refractivity contribution in [3.63, 3.8) is 0 Å². The molecule has 1 fully saturated rings.